The molecule has 3 nitrogen and oxygen atoms in total. The smallest absolute Gasteiger partial charge is 0.309 e. The summed E-state index contributed by atoms with van der Waals surface area (Å²) in [4.78, 5) is 13.4. The highest BCUT2D eigenvalue weighted by Crippen LogP contribution is 2.24. The zero-order valence-electron chi connectivity index (χ0n) is 12.4. The third-order valence-electron chi connectivity index (χ3n) is 3.65. The summed E-state index contributed by atoms with van der Waals surface area (Å²) >= 11 is 0. The Morgan fingerprint density at radius 2 is 1.95 bits per heavy atom. The van der Waals surface area contributed by atoms with Crippen molar-refractivity contribution < 1.29 is 9.90 Å². The highest BCUT2D eigenvalue weighted by molar-refractivity contribution is 5.73. The van der Waals surface area contributed by atoms with Crippen LogP contribution in [-0.2, 0) is 4.79 Å². The molecule has 0 heterocycles. The Bertz CT molecular complexity index is 427. The van der Waals surface area contributed by atoms with Gasteiger partial charge in [-0.3, -0.25) is 4.79 Å². The molecular formula is C16H25NO2. The van der Waals surface area contributed by atoms with Crippen LogP contribution in [0.5, 0.6) is 0 Å². The summed E-state index contributed by atoms with van der Waals surface area (Å²) in [5.74, 6) is -0.716. The number of benzene rings is 1. The molecule has 0 spiro atoms. The van der Waals surface area contributed by atoms with Gasteiger partial charge >= 0.3 is 5.97 Å². The Morgan fingerprint density at radius 3 is 2.47 bits per heavy atom. The van der Waals surface area contributed by atoms with Crippen molar-refractivity contribution in [3.8, 4) is 0 Å². The quantitative estimate of drug-likeness (QED) is 0.815. The van der Waals surface area contributed by atoms with E-state index in [2.05, 4.69) is 30.9 Å². The second kappa shape index (κ2) is 6.60. The zero-order valence-corrected chi connectivity index (χ0v) is 12.4. The second-order valence-corrected chi connectivity index (χ2v) is 5.66. The molecular weight excluding hydrogens is 238 g/mol. The van der Waals surface area contributed by atoms with Crippen LogP contribution in [0.15, 0.2) is 24.3 Å². The van der Waals surface area contributed by atoms with Crippen molar-refractivity contribution in [1.82, 2.24) is 0 Å². The molecule has 0 radical (unpaired) electrons. The van der Waals surface area contributed by atoms with Crippen molar-refractivity contribution >= 4 is 11.7 Å². The maximum absolute atomic E-state index is 11.1. The van der Waals surface area contributed by atoms with E-state index in [-0.39, 0.29) is 0 Å². The molecule has 1 N–H and O–H groups in total. The van der Waals surface area contributed by atoms with Crippen molar-refractivity contribution in [2.45, 2.75) is 40.5 Å². The fourth-order valence-electron chi connectivity index (χ4n) is 2.19. The van der Waals surface area contributed by atoms with Gasteiger partial charge in [0.1, 0.15) is 0 Å². The van der Waals surface area contributed by atoms with Crippen LogP contribution >= 0.6 is 0 Å². The SMILES string of the molecule is CCN(CCCC(C)(C)C(=O)O)c1ccccc1C. The summed E-state index contributed by atoms with van der Waals surface area (Å²) in [5, 5.41) is 9.11. The topological polar surface area (TPSA) is 40.5 Å². The van der Waals surface area contributed by atoms with Gasteiger partial charge in [0, 0.05) is 18.8 Å². The predicted molar refractivity (Wildman–Crippen MR) is 79.7 cm³/mol. The first-order chi connectivity index (χ1) is 8.88. The maximum Gasteiger partial charge on any atom is 0.309 e. The number of nitrogens with zero attached hydrogens (tertiary/aromatic N) is 1. The van der Waals surface area contributed by atoms with Crippen LogP contribution in [0.25, 0.3) is 0 Å². The maximum atomic E-state index is 11.1. The van der Waals surface area contributed by atoms with Gasteiger partial charge in [-0.15, -0.1) is 0 Å². The molecule has 0 bridgehead atoms. The average Bonchev–Trinajstić information content (AvgIpc) is 2.35. The largest absolute Gasteiger partial charge is 0.481 e. The molecule has 0 atom stereocenters. The summed E-state index contributed by atoms with van der Waals surface area (Å²) in [7, 11) is 0. The third kappa shape index (κ3) is 4.27. The number of hydrogen-bond donors (Lipinski definition) is 1. The molecule has 0 saturated carbocycles. The summed E-state index contributed by atoms with van der Waals surface area (Å²) in [6, 6.07) is 8.33. The van der Waals surface area contributed by atoms with Crippen LogP contribution in [0.2, 0.25) is 0 Å². The lowest BCUT2D eigenvalue weighted by molar-refractivity contribution is -0.147. The Labute approximate surface area is 116 Å². The lowest BCUT2D eigenvalue weighted by atomic mass is 9.88. The summed E-state index contributed by atoms with van der Waals surface area (Å²) in [6.07, 6.45) is 1.59. The highest BCUT2D eigenvalue weighted by atomic mass is 16.4. The minimum atomic E-state index is -0.716. The van der Waals surface area contributed by atoms with Gasteiger partial charge in [-0.1, -0.05) is 18.2 Å². The second-order valence-electron chi connectivity index (χ2n) is 5.66. The zero-order chi connectivity index (χ0) is 14.5. The minimum Gasteiger partial charge on any atom is -0.481 e. The molecule has 0 unspecified atom stereocenters. The Kier molecular flexibility index (Phi) is 5.40. The number of carboxylic acid groups (broad SMARTS) is 1. The fraction of sp³-hybridized carbons (Fsp3) is 0.562. The van der Waals surface area contributed by atoms with Gasteiger partial charge in [0.25, 0.3) is 0 Å². The highest BCUT2D eigenvalue weighted by Gasteiger charge is 2.26. The van der Waals surface area contributed by atoms with Crippen molar-refractivity contribution in [3.05, 3.63) is 29.8 Å². The van der Waals surface area contributed by atoms with Crippen LogP contribution in [0.4, 0.5) is 5.69 Å². The van der Waals surface area contributed by atoms with E-state index in [4.69, 9.17) is 5.11 Å². The van der Waals surface area contributed by atoms with E-state index < -0.39 is 11.4 Å². The first-order valence-corrected chi connectivity index (χ1v) is 6.92. The Hall–Kier alpha value is -1.51. The number of hydrogen-bond acceptors (Lipinski definition) is 2. The third-order valence-corrected chi connectivity index (χ3v) is 3.65. The molecule has 0 fully saturated rings. The lowest BCUT2D eigenvalue weighted by Gasteiger charge is -2.27. The van der Waals surface area contributed by atoms with E-state index in [1.807, 2.05) is 12.1 Å². The van der Waals surface area contributed by atoms with Crippen molar-refractivity contribution in [2.75, 3.05) is 18.0 Å². The van der Waals surface area contributed by atoms with E-state index in [1.54, 1.807) is 13.8 Å². The van der Waals surface area contributed by atoms with E-state index in [0.717, 1.165) is 19.5 Å². The monoisotopic (exact) mass is 263 g/mol. The van der Waals surface area contributed by atoms with E-state index in [0.29, 0.717) is 6.42 Å². The Morgan fingerprint density at radius 1 is 1.32 bits per heavy atom. The van der Waals surface area contributed by atoms with Gasteiger partial charge in [-0.25, -0.2) is 0 Å². The number of anilines is 1. The molecule has 0 aromatic heterocycles. The van der Waals surface area contributed by atoms with Crippen LogP contribution in [0.3, 0.4) is 0 Å². The van der Waals surface area contributed by atoms with E-state index in [1.165, 1.54) is 11.3 Å². The molecule has 0 aliphatic rings. The number of rotatable bonds is 7. The molecule has 0 saturated heterocycles. The predicted octanol–water partition coefficient (Wildman–Crippen LogP) is 3.71. The van der Waals surface area contributed by atoms with Crippen LogP contribution in [0, 0.1) is 12.3 Å². The summed E-state index contributed by atoms with van der Waals surface area (Å²) in [5.41, 5.74) is 1.88. The van der Waals surface area contributed by atoms with E-state index in [9.17, 15) is 4.79 Å². The number of aliphatic carboxylic acids is 1. The molecule has 19 heavy (non-hydrogen) atoms. The molecule has 0 aliphatic heterocycles. The fourth-order valence-corrected chi connectivity index (χ4v) is 2.19. The van der Waals surface area contributed by atoms with Crippen LogP contribution in [0.1, 0.15) is 39.2 Å². The minimum absolute atomic E-state index is 0.634. The molecule has 3 heteroatoms. The van der Waals surface area contributed by atoms with Crippen molar-refractivity contribution in [2.24, 2.45) is 5.41 Å². The number of para-hydroxylation sites is 1. The number of aryl methyl sites for hydroxylation is 1. The Balaban J connectivity index is 2.60. The van der Waals surface area contributed by atoms with Gasteiger partial charge < -0.3 is 10.0 Å². The van der Waals surface area contributed by atoms with Gasteiger partial charge in [0.2, 0.25) is 0 Å². The van der Waals surface area contributed by atoms with Gasteiger partial charge in [0.15, 0.2) is 0 Å². The van der Waals surface area contributed by atoms with E-state index >= 15 is 0 Å². The normalized spacial score (nSPS) is 11.4. The lowest BCUT2D eigenvalue weighted by Crippen LogP contribution is -2.28. The van der Waals surface area contributed by atoms with Crippen molar-refractivity contribution in [3.63, 3.8) is 0 Å². The standard InChI is InChI=1S/C16H25NO2/c1-5-17(14-10-7-6-9-13(14)2)12-8-11-16(3,4)15(18)19/h6-7,9-10H,5,8,11-12H2,1-4H3,(H,18,19). The van der Waals surface area contributed by atoms with Gasteiger partial charge in [-0.05, 0) is 52.2 Å². The summed E-state index contributed by atoms with van der Waals surface area (Å²) < 4.78 is 0. The first-order valence-electron chi connectivity index (χ1n) is 6.92. The average molecular weight is 263 g/mol. The molecule has 0 aliphatic carbocycles. The molecule has 1 rings (SSSR count). The summed E-state index contributed by atoms with van der Waals surface area (Å²) in [6.45, 7) is 9.67. The first kappa shape index (κ1) is 15.5. The van der Waals surface area contributed by atoms with Crippen LogP contribution in [-0.4, -0.2) is 24.2 Å². The molecule has 1 aromatic carbocycles. The molecule has 106 valence electrons. The number of carboxylic acids is 1. The van der Waals surface area contributed by atoms with Gasteiger partial charge in [-0.2, -0.15) is 0 Å². The molecule has 0 amide bonds. The molecule has 1 aromatic rings. The van der Waals surface area contributed by atoms with Crippen LogP contribution < -0.4 is 4.90 Å². The van der Waals surface area contributed by atoms with Gasteiger partial charge in [0.05, 0.1) is 5.41 Å². The number of carbonyl (C=O) groups is 1. The van der Waals surface area contributed by atoms with Crippen molar-refractivity contribution in [1.29, 1.82) is 0 Å².